The van der Waals surface area contributed by atoms with E-state index in [9.17, 15) is 4.79 Å². The molecule has 0 atom stereocenters. The minimum absolute atomic E-state index is 0.145. The summed E-state index contributed by atoms with van der Waals surface area (Å²) < 4.78 is 0. The summed E-state index contributed by atoms with van der Waals surface area (Å²) in [7, 11) is 0. The SMILES string of the molecule is C=Nc1ccc(NC(=O)Nc2nc(C)cc(Cl)n2)cc1C=C(C)C. The molecule has 0 spiro atoms. The highest BCUT2D eigenvalue weighted by Gasteiger charge is 2.08. The predicted octanol–water partition coefficient (Wildman–Crippen LogP) is 4.84. The highest BCUT2D eigenvalue weighted by atomic mass is 35.5. The second-order valence-corrected chi connectivity index (χ2v) is 5.78. The number of carbonyl (C=O) groups excluding carboxylic acids is 1. The van der Waals surface area contributed by atoms with Crippen molar-refractivity contribution in [3.63, 3.8) is 0 Å². The van der Waals surface area contributed by atoms with Crippen LogP contribution >= 0.6 is 11.6 Å². The third-order valence-corrected chi connectivity index (χ3v) is 3.14. The van der Waals surface area contributed by atoms with Crippen molar-refractivity contribution in [3.8, 4) is 0 Å². The van der Waals surface area contributed by atoms with Gasteiger partial charge in [-0.3, -0.25) is 10.3 Å². The number of hydrogen-bond donors (Lipinski definition) is 2. The van der Waals surface area contributed by atoms with Gasteiger partial charge in [0.05, 0.1) is 5.69 Å². The van der Waals surface area contributed by atoms with Crippen molar-refractivity contribution >= 4 is 47.7 Å². The van der Waals surface area contributed by atoms with E-state index in [4.69, 9.17) is 11.6 Å². The molecule has 0 unspecified atom stereocenters. The normalized spacial score (nSPS) is 10.0. The van der Waals surface area contributed by atoms with Gasteiger partial charge in [-0.1, -0.05) is 23.3 Å². The Labute approximate surface area is 145 Å². The molecule has 0 fully saturated rings. The molecule has 0 radical (unpaired) electrons. The summed E-state index contributed by atoms with van der Waals surface area (Å²) in [6, 6.07) is 6.50. The number of aliphatic imine (C=N–C) groups is 1. The van der Waals surface area contributed by atoms with Gasteiger partial charge >= 0.3 is 6.03 Å². The van der Waals surface area contributed by atoms with Gasteiger partial charge in [0.2, 0.25) is 5.95 Å². The van der Waals surface area contributed by atoms with Gasteiger partial charge in [0, 0.05) is 16.9 Å². The van der Waals surface area contributed by atoms with E-state index in [0.717, 1.165) is 16.8 Å². The number of anilines is 2. The smallest absolute Gasteiger partial charge is 0.308 e. The molecule has 0 aliphatic carbocycles. The molecule has 124 valence electrons. The Morgan fingerprint density at radius 1 is 1.25 bits per heavy atom. The van der Waals surface area contributed by atoms with E-state index in [2.05, 4.69) is 32.3 Å². The number of carbonyl (C=O) groups is 1. The van der Waals surface area contributed by atoms with Crippen LogP contribution in [0.5, 0.6) is 0 Å². The first-order valence-corrected chi connectivity index (χ1v) is 7.60. The number of aryl methyl sites for hydroxylation is 1. The van der Waals surface area contributed by atoms with Crippen LogP contribution in [0, 0.1) is 6.92 Å². The Morgan fingerprint density at radius 3 is 2.62 bits per heavy atom. The van der Waals surface area contributed by atoms with Crippen LogP contribution in [-0.4, -0.2) is 22.7 Å². The highest BCUT2D eigenvalue weighted by molar-refractivity contribution is 6.29. The van der Waals surface area contributed by atoms with Crippen molar-refractivity contribution in [1.29, 1.82) is 0 Å². The standard InChI is InChI=1S/C17H18ClN5O/c1-10(2)7-12-9-13(5-6-14(12)19-4)21-17(24)23-16-20-11(3)8-15(18)22-16/h5-9H,4H2,1-3H3,(H2,20,21,22,23,24). The van der Waals surface area contributed by atoms with E-state index in [1.807, 2.05) is 26.0 Å². The Balaban J connectivity index is 2.16. The first-order valence-electron chi connectivity index (χ1n) is 7.22. The monoisotopic (exact) mass is 343 g/mol. The number of amides is 2. The number of hydrogen-bond acceptors (Lipinski definition) is 4. The van der Waals surface area contributed by atoms with Crippen molar-refractivity contribution < 1.29 is 4.79 Å². The maximum Gasteiger partial charge on any atom is 0.326 e. The summed E-state index contributed by atoms with van der Waals surface area (Å²) in [4.78, 5) is 24.1. The molecule has 0 saturated heterocycles. The number of allylic oxidation sites excluding steroid dienone is 1. The first-order chi connectivity index (χ1) is 11.4. The Morgan fingerprint density at radius 2 is 2.00 bits per heavy atom. The summed E-state index contributed by atoms with van der Waals surface area (Å²) in [6.45, 7) is 9.29. The lowest BCUT2D eigenvalue weighted by Crippen LogP contribution is -2.21. The molecule has 1 aromatic carbocycles. The third kappa shape index (κ3) is 4.89. The highest BCUT2D eigenvalue weighted by Crippen LogP contribution is 2.25. The molecule has 0 aliphatic rings. The molecule has 2 aromatic rings. The fourth-order valence-electron chi connectivity index (χ4n) is 2.05. The van der Waals surface area contributed by atoms with Crippen molar-refractivity contribution in [2.75, 3.05) is 10.6 Å². The van der Waals surface area contributed by atoms with Crippen molar-refractivity contribution in [3.05, 3.63) is 46.2 Å². The van der Waals surface area contributed by atoms with Crippen molar-refractivity contribution in [2.24, 2.45) is 4.99 Å². The second-order valence-electron chi connectivity index (χ2n) is 5.39. The Bertz CT molecular complexity index is 792. The van der Waals surface area contributed by atoms with Gasteiger partial charge in [-0.25, -0.2) is 14.8 Å². The lowest BCUT2D eigenvalue weighted by atomic mass is 10.1. The number of aromatic nitrogens is 2. The second kappa shape index (κ2) is 7.70. The van der Waals surface area contributed by atoms with Crippen LogP contribution in [-0.2, 0) is 0 Å². The quantitative estimate of drug-likeness (QED) is 0.616. The van der Waals surface area contributed by atoms with Crippen molar-refractivity contribution in [2.45, 2.75) is 20.8 Å². The molecule has 6 nitrogen and oxygen atoms in total. The fraction of sp³-hybridized carbons (Fsp3) is 0.176. The van der Waals surface area contributed by atoms with Crippen LogP contribution in [0.25, 0.3) is 6.08 Å². The first kappa shape index (κ1) is 17.6. The largest absolute Gasteiger partial charge is 0.326 e. The van der Waals surface area contributed by atoms with Crippen molar-refractivity contribution in [1.82, 2.24) is 9.97 Å². The average Bonchev–Trinajstić information content (AvgIpc) is 2.45. The molecule has 2 N–H and O–H groups in total. The molecule has 0 saturated carbocycles. The van der Waals surface area contributed by atoms with E-state index in [0.29, 0.717) is 11.4 Å². The molecule has 24 heavy (non-hydrogen) atoms. The molecule has 0 aliphatic heterocycles. The molecule has 7 heteroatoms. The van der Waals surface area contributed by atoms with Crippen LogP contribution < -0.4 is 10.6 Å². The summed E-state index contributed by atoms with van der Waals surface area (Å²) in [5.41, 5.74) is 4.02. The van der Waals surface area contributed by atoms with E-state index < -0.39 is 6.03 Å². The zero-order valence-corrected chi connectivity index (χ0v) is 14.5. The third-order valence-electron chi connectivity index (χ3n) is 2.95. The Hall–Kier alpha value is -2.73. The molecule has 2 amide bonds. The number of nitrogens with zero attached hydrogens (tertiary/aromatic N) is 3. The summed E-state index contributed by atoms with van der Waals surface area (Å²) >= 11 is 5.85. The molecule has 1 aromatic heterocycles. The number of rotatable bonds is 4. The molecular formula is C17H18ClN5O. The zero-order chi connectivity index (χ0) is 17.7. The maximum absolute atomic E-state index is 12.1. The van der Waals surface area contributed by atoms with Gasteiger partial charge in [-0.05, 0) is 51.8 Å². The van der Waals surface area contributed by atoms with Crippen LogP contribution in [0.2, 0.25) is 5.15 Å². The summed E-state index contributed by atoms with van der Waals surface area (Å²) in [5.74, 6) is 0.145. The van der Waals surface area contributed by atoms with Gasteiger partial charge < -0.3 is 5.32 Å². The summed E-state index contributed by atoms with van der Waals surface area (Å²) in [5, 5.41) is 5.55. The minimum Gasteiger partial charge on any atom is -0.308 e. The summed E-state index contributed by atoms with van der Waals surface area (Å²) in [6.07, 6.45) is 1.97. The van der Waals surface area contributed by atoms with Crippen LogP contribution in [0.3, 0.4) is 0 Å². The van der Waals surface area contributed by atoms with Crippen LogP contribution in [0.4, 0.5) is 22.1 Å². The van der Waals surface area contributed by atoms with Gasteiger partial charge in [0.15, 0.2) is 0 Å². The molecule has 1 heterocycles. The van der Waals surface area contributed by atoms with Crippen LogP contribution in [0.1, 0.15) is 25.1 Å². The topological polar surface area (TPSA) is 79.3 Å². The predicted molar refractivity (Wildman–Crippen MR) is 99.4 cm³/mol. The molecule has 0 bridgehead atoms. The van der Waals surface area contributed by atoms with E-state index in [1.54, 1.807) is 25.1 Å². The minimum atomic E-state index is -0.459. The lowest BCUT2D eigenvalue weighted by Gasteiger charge is -2.09. The lowest BCUT2D eigenvalue weighted by molar-refractivity contribution is 0.262. The van der Waals surface area contributed by atoms with Gasteiger partial charge in [0.25, 0.3) is 0 Å². The molecule has 2 rings (SSSR count). The van der Waals surface area contributed by atoms with E-state index >= 15 is 0 Å². The number of benzene rings is 1. The van der Waals surface area contributed by atoms with Gasteiger partial charge in [-0.2, -0.15) is 0 Å². The zero-order valence-electron chi connectivity index (χ0n) is 13.7. The maximum atomic E-state index is 12.1. The number of urea groups is 1. The van der Waals surface area contributed by atoms with E-state index in [1.165, 1.54) is 0 Å². The fourth-order valence-corrected chi connectivity index (χ4v) is 2.29. The number of nitrogens with one attached hydrogen (secondary N) is 2. The average molecular weight is 344 g/mol. The van der Waals surface area contributed by atoms with Crippen LogP contribution in [0.15, 0.2) is 34.8 Å². The molecular weight excluding hydrogens is 326 g/mol. The number of halogens is 1. The van der Waals surface area contributed by atoms with E-state index in [-0.39, 0.29) is 11.1 Å². The van der Waals surface area contributed by atoms with Gasteiger partial charge in [0.1, 0.15) is 5.15 Å². The van der Waals surface area contributed by atoms with Gasteiger partial charge in [-0.15, -0.1) is 0 Å². The Kier molecular flexibility index (Phi) is 5.65.